The van der Waals surface area contributed by atoms with Crippen molar-refractivity contribution in [2.45, 2.75) is 30.4 Å². The summed E-state index contributed by atoms with van der Waals surface area (Å²) in [6.07, 6.45) is 0.771. The Bertz CT molecular complexity index is 792. The standard InChI is InChI=1S/C23H23NOS/c1-3-22(26-21-16-14-18(2)15-17-21)23(25)24(19-10-6-4-7-11-19)20-12-8-5-9-13-20/h4-17,22H,3H2,1-2H3. The highest BCUT2D eigenvalue weighted by atomic mass is 32.2. The van der Waals surface area contributed by atoms with Gasteiger partial charge < -0.3 is 0 Å². The summed E-state index contributed by atoms with van der Waals surface area (Å²) in [4.78, 5) is 16.4. The van der Waals surface area contributed by atoms with Gasteiger partial charge in [0.25, 0.3) is 0 Å². The molecule has 0 saturated carbocycles. The molecule has 0 fully saturated rings. The molecule has 0 aliphatic carbocycles. The Morgan fingerprint density at radius 2 is 1.35 bits per heavy atom. The molecule has 3 aromatic rings. The smallest absolute Gasteiger partial charge is 0.245 e. The van der Waals surface area contributed by atoms with Crippen molar-refractivity contribution in [3.05, 3.63) is 90.5 Å². The molecule has 0 N–H and O–H groups in total. The predicted octanol–water partition coefficient (Wildman–Crippen LogP) is 6.23. The Morgan fingerprint density at radius 3 is 1.81 bits per heavy atom. The van der Waals surface area contributed by atoms with Crippen LogP contribution in [0.15, 0.2) is 89.8 Å². The van der Waals surface area contributed by atoms with E-state index in [9.17, 15) is 4.79 Å². The van der Waals surface area contributed by atoms with Crippen LogP contribution in [0.25, 0.3) is 0 Å². The first-order valence-electron chi connectivity index (χ1n) is 8.86. The fourth-order valence-electron chi connectivity index (χ4n) is 2.79. The van der Waals surface area contributed by atoms with Gasteiger partial charge in [0.2, 0.25) is 5.91 Å². The van der Waals surface area contributed by atoms with Crippen LogP contribution >= 0.6 is 11.8 Å². The van der Waals surface area contributed by atoms with E-state index in [2.05, 4.69) is 38.1 Å². The number of benzene rings is 3. The largest absolute Gasteiger partial charge is 0.280 e. The molecule has 3 heteroatoms. The van der Waals surface area contributed by atoms with E-state index in [1.807, 2.05) is 65.6 Å². The molecule has 3 rings (SSSR count). The van der Waals surface area contributed by atoms with Crippen LogP contribution in [0, 0.1) is 6.92 Å². The Labute approximate surface area is 159 Å². The van der Waals surface area contributed by atoms with Gasteiger partial charge in [-0.05, 0) is 49.7 Å². The molecule has 0 aromatic heterocycles. The summed E-state index contributed by atoms with van der Waals surface area (Å²) in [5.41, 5.74) is 3.02. The number of hydrogen-bond acceptors (Lipinski definition) is 2. The van der Waals surface area contributed by atoms with Crippen molar-refractivity contribution < 1.29 is 4.79 Å². The average molecular weight is 362 g/mol. The number of rotatable bonds is 6. The summed E-state index contributed by atoms with van der Waals surface area (Å²) in [6, 6.07) is 28.1. The van der Waals surface area contributed by atoms with Gasteiger partial charge in [0, 0.05) is 16.3 Å². The summed E-state index contributed by atoms with van der Waals surface area (Å²) in [6.45, 7) is 4.14. The molecule has 132 valence electrons. The number of aryl methyl sites for hydroxylation is 1. The van der Waals surface area contributed by atoms with E-state index < -0.39 is 0 Å². The van der Waals surface area contributed by atoms with Crippen molar-refractivity contribution in [3.8, 4) is 0 Å². The molecule has 0 bridgehead atoms. The Kier molecular flexibility index (Phi) is 6.13. The maximum Gasteiger partial charge on any atom is 0.245 e. The second-order valence-corrected chi connectivity index (χ2v) is 7.45. The lowest BCUT2D eigenvalue weighted by Gasteiger charge is -2.27. The number of nitrogens with zero attached hydrogens (tertiary/aromatic N) is 1. The van der Waals surface area contributed by atoms with E-state index in [1.54, 1.807) is 11.8 Å². The van der Waals surface area contributed by atoms with Crippen LogP contribution in [-0.2, 0) is 4.79 Å². The van der Waals surface area contributed by atoms with Crippen LogP contribution in [-0.4, -0.2) is 11.2 Å². The van der Waals surface area contributed by atoms with Crippen LogP contribution in [0.2, 0.25) is 0 Å². The first kappa shape index (κ1) is 18.3. The number of anilines is 2. The number of carbonyl (C=O) groups is 1. The van der Waals surface area contributed by atoms with E-state index in [1.165, 1.54) is 5.56 Å². The van der Waals surface area contributed by atoms with Crippen molar-refractivity contribution >= 4 is 29.0 Å². The minimum absolute atomic E-state index is 0.107. The van der Waals surface area contributed by atoms with Crippen LogP contribution in [0.4, 0.5) is 11.4 Å². The van der Waals surface area contributed by atoms with Gasteiger partial charge in [-0.2, -0.15) is 0 Å². The summed E-state index contributed by atoms with van der Waals surface area (Å²) < 4.78 is 0. The van der Waals surface area contributed by atoms with Crippen molar-refractivity contribution in [2.24, 2.45) is 0 Å². The summed E-state index contributed by atoms with van der Waals surface area (Å²) >= 11 is 1.63. The maximum atomic E-state index is 13.5. The Balaban J connectivity index is 1.91. The molecule has 2 nitrogen and oxygen atoms in total. The average Bonchev–Trinajstić information content (AvgIpc) is 2.69. The first-order chi connectivity index (χ1) is 12.7. The van der Waals surface area contributed by atoms with Crippen LogP contribution < -0.4 is 4.90 Å². The molecule has 26 heavy (non-hydrogen) atoms. The van der Waals surface area contributed by atoms with E-state index in [4.69, 9.17) is 0 Å². The lowest BCUT2D eigenvalue weighted by Crippen LogP contribution is -2.34. The van der Waals surface area contributed by atoms with Crippen molar-refractivity contribution in [2.75, 3.05) is 4.90 Å². The third-order valence-electron chi connectivity index (χ3n) is 4.19. The number of para-hydroxylation sites is 2. The quantitative estimate of drug-likeness (QED) is 0.485. The van der Waals surface area contributed by atoms with E-state index in [-0.39, 0.29) is 11.2 Å². The Morgan fingerprint density at radius 1 is 0.846 bits per heavy atom. The van der Waals surface area contributed by atoms with Gasteiger partial charge >= 0.3 is 0 Å². The van der Waals surface area contributed by atoms with E-state index in [0.717, 1.165) is 22.7 Å². The highest BCUT2D eigenvalue weighted by molar-refractivity contribution is 8.00. The SMILES string of the molecule is CCC(Sc1ccc(C)cc1)C(=O)N(c1ccccc1)c1ccccc1. The van der Waals surface area contributed by atoms with Gasteiger partial charge in [-0.3, -0.25) is 9.69 Å². The molecular weight excluding hydrogens is 338 g/mol. The topological polar surface area (TPSA) is 20.3 Å². The first-order valence-corrected chi connectivity index (χ1v) is 9.74. The fraction of sp³-hybridized carbons (Fsp3) is 0.174. The lowest BCUT2D eigenvalue weighted by molar-refractivity contribution is -0.117. The molecule has 0 radical (unpaired) electrons. The molecule has 0 aliphatic heterocycles. The molecule has 1 amide bonds. The van der Waals surface area contributed by atoms with Crippen molar-refractivity contribution in [3.63, 3.8) is 0 Å². The highest BCUT2D eigenvalue weighted by Gasteiger charge is 2.26. The van der Waals surface area contributed by atoms with Gasteiger partial charge in [-0.1, -0.05) is 61.0 Å². The predicted molar refractivity (Wildman–Crippen MR) is 111 cm³/mol. The van der Waals surface area contributed by atoms with Crippen LogP contribution in [0.1, 0.15) is 18.9 Å². The Hall–Kier alpha value is -2.52. The molecule has 0 spiro atoms. The third-order valence-corrected chi connectivity index (χ3v) is 5.56. The zero-order chi connectivity index (χ0) is 18.4. The zero-order valence-corrected chi connectivity index (χ0v) is 15.9. The molecule has 1 atom stereocenters. The van der Waals surface area contributed by atoms with Crippen molar-refractivity contribution in [1.29, 1.82) is 0 Å². The zero-order valence-electron chi connectivity index (χ0n) is 15.1. The fourth-order valence-corrected chi connectivity index (χ4v) is 3.79. The number of thioether (sulfide) groups is 1. The van der Waals surface area contributed by atoms with E-state index >= 15 is 0 Å². The van der Waals surface area contributed by atoms with E-state index in [0.29, 0.717) is 0 Å². The third kappa shape index (κ3) is 4.36. The van der Waals surface area contributed by atoms with Crippen LogP contribution in [0.3, 0.4) is 0 Å². The highest BCUT2D eigenvalue weighted by Crippen LogP contribution is 2.32. The summed E-state index contributed by atoms with van der Waals surface area (Å²) in [5.74, 6) is 0.107. The second kappa shape index (κ2) is 8.72. The van der Waals surface area contributed by atoms with Gasteiger partial charge in [0.15, 0.2) is 0 Å². The van der Waals surface area contributed by atoms with Gasteiger partial charge in [-0.15, -0.1) is 11.8 Å². The monoisotopic (exact) mass is 361 g/mol. The summed E-state index contributed by atoms with van der Waals surface area (Å²) in [7, 11) is 0. The van der Waals surface area contributed by atoms with Gasteiger partial charge in [-0.25, -0.2) is 0 Å². The summed E-state index contributed by atoms with van der Waals surface area (Å²) in [5, 5.41) is -0.141. The molecule has 3 aromatic carbocycles. The number of hydrogen-bond donors (Lipinski definition) is 0. The maximum absolute atomic E-state index is 13.5. The second-order valence-electron chi connectivity index (χ2n) is 6.17. The molecule has 0 heterocycles. The minimum Gasteiger partial charge on any atom is -0.280 e. The minimum atomic E-state index is -0.141. The molecule has 0 aliphatic rings. The van der Waals surface area contributed by atoms with Gasteiger partial charge in [0.05, 0.1) is 5.25 Å². The number of amides is 1. The van der Waals surface area contributed by atoms with Crippen molar-refractivity contribution in [1.82, 2.24) is 0 Å². The molecule has 0 saturated heterocycles. The lowest BCUT2D eigenvalue weighted by atomic mass is 10.2. The molecular formula is C23H23NOS. The van der Waals surface area contributed by atoms with Gasteiger partial charge in [0.1, 0.15) is 0 Å². The molecule has 1 unspecified atom stereocenters. The normalized spacial score (nSPS) is 11.8. The van der Waals surface area contributed by atoms with Crippen LogP contribution in [0.5, 0.6) is 0 Å². The number of carbonyl (C=O) groups excluding carboxylic acids is 1.